The van der Waals surface area contributed by atoms with Crippen molar-refractivity contribution in [1.82, 2.24) is 10.4 Å². The summed E-state index contributed by atoms with van der Waals surface area (Å²) in [5.41, 5.74) is 3.41. The molecule has 19 heavy (non-hydrogen) atoms. The van der Waals surface area contributed by atoms with Crippen LogP contribution in [0.1, 0.15) is 16.1 Å². The number of nitrogens with one attached hydrogen (secondary N) is 1. The van der Waals surface area contributed by atoms with Crippen molar-refractivity contribution in [2.24, 2.45) is 5.10 Å². The highest BCUT2D eigenvalue weighted by molar-refractivity contribution is 6.42. The number of halogens is 2. The summed E-state index contributed by atoms with van der Waals surface area (Å²) >= 11 is 11.7. The van der Waals surface area contributed by atoms with Gasteiger partial charge in [0.05, 0.1) is 16.3 Å². The van der Waals surface area contributed by atoms with Crippen LogP contribution in [0.25, 0.3) is 0 Å². The highest BCUT2D eigenvalue weighted by Gasteiger charge is 2.03. The van der Waals surface area contributed by atoms with Crippen LogP contribution in [0.3, 0.4) is 0 Å². The number of pyridine rings is 1. The lowest BCUT2D eigenvalue weighted by atomic mass is 10.2. The average Bonchev–Trinajstić information content (AvgIpc) is 2.43. The molecule has 6 heteroatoms. The Morgan fingerprint density at radius 1 is 1.21 bits per heavy atom. The summed E-state index contributed by atoms with van der Waals surface area (Å²) in [4.78, 5) is 15.5. The van der Waals surface area contributed by atoms with E-state index in [0.717, 1.165) is 5.56 Å². The summed E-state index contributed by atoms with van der Waals surface area (Å²) in [5.74, 6) is -0.378. The van der Waals surface area contributed by atoms with Gasteiger partial charge in [-0.2, -0.15) is 5.10 Å². The molecule has 0 spiro atoms. The molecule has 0 atom stereocenters. The highest BCUT2D eigenvalue weighted by atomic mass is 35.5. The predicted molar refractivity (Wildman–Crippen MR) is 75.8 cm³/mol. The Morgan fingerprint density at radius 2 is 2.05 bits per heavy atom. The molecule has 1 aromatic heterocycles. The van der Waals surface area contributed by atoms with Gasteiger partial charge in [0, 0.05) is 6.20 Å². The second-order valence-electron chi connectivity index (χ2n) is 3.59. The second-order valence-corrected chi connectivity index (χ2v) is 4.40. The van der Waals surface area contributed by atoms with Crippen molar-refractivity contribution in [3.63, 3.8) is 0 Å². The molecule has 0 unspecified atom stereocenters. The molecule has 1 aromatic carbocycles. The van der Waals surface area contributed by atoms with Crippen molar-refractivity contribution >= 4 is 35.3 Å². The monoisotopic (exact) mass is 293 g/mol. The van der Waals surface area contributed by atoms with Gasteiger partial charge in [0.15, 0.2) is 0 Å². The fourth-order valence-electron chi connectivity index (χ4n) is 1.31. The van der Waals surface area contributed by atoms with E-state index in [9.17, 15) is 4.79 Å². The van der Waals surface area contributed by atoms with E-state index in [-0.39, 0.29) is 5.91 Å². The normalized spacial score (nSPS) is 10.6. The highest BCUT2D eigenvalue weighted by Crippen LogP contribution is 2.21. The Bertz CT molecular complexity index is 615. The summed E-state index contributed by atoms with van der Waals surface area (Å²) in [7, 11) is 0. The van der Waals surface area contributed by atoms with Crippen LogP contribution in [0.5, 0.6) is 0 Å². The molecule has 0 aliphatic heterocycles. The van der Waals surface area contributed by atoms with E-state index in [1.807, 2.05) is 0 Å². The molecule has 0 aliphatic carbocycles. The smallest absolute Gasteiger partial charge is 0.266 e. The first kappa shape index (κ1) is 13.5. The van der Waals surface area contributed by atoms with Crippen LogP contribution >= 0.6 is 23.2 Å². The zero-order valence-corrected chi connectivity index (χ0v) is 11.2. The van der Waals surface area contributed by atoms with Crippen LogP contribution in [0.4, 0.5) is 0 Å². The van der Waals surface area contributed by atoms with Crippen molar-refractivity contribution in [3.05, 3.63) is 63.9 Å². The lowest BCUT2D eigenvalue weighted by Gasteiger charge is -1.99. The van der Waals surface area contributed by atoms with Crippen molar-refractivity contribution in [2.75, 3.05) is 0 Å². The van der Waals surface area contributed by atoms with Crippen LogP contribution < -0.4 is 5.43 Å². The number of carbonyl (C=O) groups excluding carboxylic acids is 1. The molecule has 2 aromatic rings. The minimum Gasteiger partial charge on any atom is -0.266 e. The third-order valence-electron chi connectivity index (χ3n) is 2.22. The second kappa shape index (κ2) is 6.31. The van der Waals surface area contributed by atoms with E-state index in [2.05, 4.69) is 15.5 Å². The first-order valence-electron chi connectivity index (χ1n) is 5.36. The van der Waals surface area contributed by atoms with E-state index in [1.165, 1.54) is 12.4 Å². The molecule has 0 bridgehead atoms. The lowest BCUT2D eigenvalue weighted by molar-refractivity contribution is 0.0950. The number of hydrazone groups is 1. The van der Waals surface area contributed by atoms with E-state index < -0.39 is 0 Å². The maximum absolute atomic E-state index is 11.6. The third kappa shape index (κ3) is 3.77. The predicted octanol–water partition coefficient (Wildman–Crippen LogP) is 3.15. The number of carbonyl (C=O) groups is 1. The number of hydrogen-bond donors (Lipinski definition) is 1. The van der Waals surface area contributed by atoms with Gasteiger partial charge in [-0.05, 0) is 29.8 Å². The van der Waals surface area contributed by atoms with Gasteiger partial charge in [0.25, 0.3) is 5.91 Å². The fourth-order valence-corrected chi connectivity index (χ4v) is 1.62. The Labute approximate surface area is 120 Å². The number of rotatable bonds is 3. The van der Waals surface area contributed by atoms with Crippen molar-refractivity contribution in [2.45, 2.75) is 0 Å². The Kier molecular flexibility index (Phi) is 4.49. The van der Waals surface area contributed by atoms with Gasteiger partial charge in [-0.15, -0.1) is 0 Å². The molecule has 2 rings (SSSR count). The molecule has 1 N–H and O–H groups in total. The molecule has 0 saturated heterocycles. The van der Waals surface area contributed by atoms with Gasteiger partial charge in [-0.25, -0.2) is 5.43 Å². The largest absolute Gasteiger partial charge is 0.289 e. The van der Waals surface area contributed by atoms with Crippen LogP contribution in [0, 0.1) is 0 Å². The zero-order chi connectivity index (χ0) is 13.7. The zero-order valence-electron chi connectivity index (χ0n) is 9.68. The minimum absolute atomic E-state index is 0.300. The fraction of sp³-hybridized carbons (Fsp3) is 0. The molecule has 1 amide bonds. The SMILES string of the molecule is O=C(NN=Cc1ccc(Cl)c(Cl)c1)c1ccccn1. The summed E-state index contributed by atoms with van der Waals surface area (Å²) in [6, 6.07) is 10.1. The molecule has 4 nitrogen and oxygen atoms in total. The quantitative estimate of drug-likeness (QED) is 0.698. The molecule has 0 saturated carbocycles. The molecule has 0 radical (unpaired) electrons. The summed E-state index contributed by atoms with van der Waals surface area (Å²) in [6.45, 7) is 0. The molecule has 0 fully saturated rings. The van der Waals surface area contributed by atoms with Crippen molar-refractivity contribution in [3.8, 4) is 0 Å². The third-order valence-corrected chi connectivity index (χ3v) is 2.96. The summed E-state index contributed by atoms with van der Waals surface area (Å²) < 4.78 is 0. The Morgan fingerprint density at radius 3 is 2.74 bits per heavy atom. The van der Waals surface area contributed by atoms with E-state index >= 15 is 0 Å². The van der Waals surface area contributed by atoms with Gasteiger partial charge >= 0.3 is 0 Å². The van der Waals surface area contributed by atoms with Crippen LogP contribution in [0.15, 0.2) is 47.7 Å². The molecule has 0 aliphatic rings. The van der Waals surface area contributed by atoms with Crippen molar-refractivity contribution in [1.29, 1.82) is 0 Å². The number of amides is 1. The van der Waals surface area contributed by atoms with Crippen LogP contribution in [0.2, 0.25) is 10.0 Å². The first-order chi connectivity index (χ1) is 9.16. The number of benzene rings is 1. The van der Waals surface area contributed by atoms with E-state index in [1.54, 1.807) is 36.4 Å². The number of aromatic nitrogens is 1. The number of hydrogen-bond acceptors (Lipinski definition) is 3. The maximum atomic E-state index is 11.6. The van der Waals surface area contributed by atoms with Gasteiger partial charge in [0.2, 0.25) is 0 Å². The van der Waals surface area contributed by atoms with Gasteiger partial charge < -0.3 is 0 Å². The van der Waals surface area contributed by atoms with E-state index in [4.69, 9.17) is 23.2 Å². The summed E-state index contributed by atoms with van der Waals surface area (Å²) in [5, 5.41) is 4.72. The molecule has 96 valence electrons. The minimum atomic E-state index is -0.378. The van der Waals surface area contributed by atoms with Gasteiger partial charge in [-0.3, -0.25) is 9.78 Å². The van der Waals surface area contributed by atoms with E-state index in [0.29, 0.717) is 15.7 Å². The van der Waals surface area contributed by atoms with Crippen molar-refractivity contribution < 1.29 is 4.79 Å². The van der Waals surface area contributed by atoms with Gasteiger partial charge in [-0.1, -0.05) is 35.3 Å². The lowest BCUT2D eigenvalue weighted by Crippen LogP contribution is -2.18. The Hall–Kier alpha value is -1.91. The molecular weight excluding hydrogens is 285 g/mol. The Balaban J connectivity index is 2.00. The molecule has 1 heterocycles. The molecular formula is C13H9Cl2N3O. The topological polar surface area (TPSA) is 54.4 Å². The summed E-state index contributed by atoms with van der Waals surface area (Å²) in [6.07, 6.45) is 3.01. The number of nitrogens with zero attached hydrogens (tertiary/aromatic N) is 2. The first-order valence-corrected chi connectivity index (χ1v) is 6.12. The van der Waals surface area contributed by atoms with Crippen LogP contribution in [-0.2, 0) is 0 Å². The van der Waals surface area contributed by atoms with Crippen LogP contribution in [-0.4, -0.2) is 17.1 Å². The average molecular weight is 294 g/mol. The van der Waals surface area contributed by atoms with Gasteiger partial charge in [0.1, 0.15) is 5.69 Å². The standard InChI is InChI=1S/C13H9Cl2N3O/c14-10-5-4-9(7-11(10)15)8-17-18-13(19)12-3-1-2-6-16-12/h1-8H,(H,18,19). The maximum Gasteiger partial charge on any atom is 0.289 e.